The lowest BCUT2D eigenvalue weighted by Crippen LogP contribution is -2.13. The molecule has 0 aliphatic carbocycles. The van der Waals surface area contributed by atoms with Gasteiger partial charge in [-0.25, -0.2) is 8.42 Å². The van der Waals surface area contributed by atoms with Gasteiger partial charge in [-0.3, -0.25) is 9.52 Å². The summed E-state index contributed by atoms with van der Waals surface area (Å²) in [6.45, 7) is 0. The van der Waals surface area contributed by atoms with Crippen LogP contribution in [0.15, 0.2) is 83.8 Å². The molecule has 0 saturated carbocycles. The first kappa shape index (κ1) is 21.9. The smallest absolute Gasteiger partial charge is 0.261 e. The van der Waals surface area contributed by atoms with E-state index in [9.17, 15) is 13.2 Å². The van der Waals surface area contributed by atoms with E-state index in [1.807, 2.05) is 0 Å². The Morgan fingerprint density at radius 1 is 0.839 bits per heavy atom. The third kappa shape index (κ3) is 5.86. The van der Waals surface area contributed by atoms with Crippen LogP contribution in [0.5, 0.6) is 11.5 Å². The van der Waals surface area contributed by atoms with E-state index in [0.717, 1.165) is 5.56 Å². The van der Waals surface area contributed by atoms with Gasteiger partial charge in [0.25, 0.3) is 10.0 Å². The Kier molecular flexibility index (Phi) is 6.94. The first-order valence-electron chi connectivity index (χ1n) is 9.30. The lowest BCUT2D eigenvalue weighted by atomic mass is 10.2. The van der Waals surface area contributed by atoms with E-state index in [1.54, 1.807) is 61.7 Å². The van der Waals surface area contributed by atoms with E-state index in [4.69, 9.17) is 9.47 Å². The van der Waals surface area contributed by atoms with Crippen LogP contribution in [0, 0.1) is 0 Å². The number of rotatable bonds is 8. The zero-order chi connectivity index (χ0) is 22.3. The summed E-state index contributed by atoms with van der Waals surface area (Å²) in [6, 6.07) is 19.8. The first-order chi connectivity index (χ1) is 14.9. The average Bonchev–Trinajstić information content (AvgIpc) is 2.78. The van der Waals surface area contributed by atoms with Crippen molar-refractivity contribution < 1.29 is 22.7 Å². The molecule has 0 saturated heterocycles. The summed E-state index contributed by atoms with van der Waals surface area (Å²) < 4.78 is 37.9. The number of amides is 1. The van der Waals surface area contributed by atoms with Gasteiger partial charge >= 0.3 is 0 Å². The van der Waals surface area contributed by atoms with E-state index >= 15 is 0 Å². The Morgan fingerprint density at radius 3 is 2.16 bits per heavy atom. The van der Waals surface area contributed by atoms with Crippen molar-refractivity contribution in [2.75, 3.05) is 24.3 Å². The second-order valence-corrected chi connectivity index (χ2v) is 8.12. The molecule has 160 valence electrons. The fraction of sp³-hybridized carbons (Fsp3) is 0.0870. The van der Waals surface area contributed by atoms with Crippen molar-refractivity contribution in [3.63, 3.8) is 0 Å². The monoisotopic (exact) mass is 438 g/mol. The van der Waals surface area contributed by atoms with Crippen molar-refractivity contribution in [3.05, 3.63) is 84.4 Å². The van der Waals surface area contributed by atoms with E-state index < -0.39 is 10.0 Å². The molecular weight excluding hydrogens is 416 g/mol. The third-order valence-electron chi connectivity index (χ3n) is 4.29. The van der Waals surface area contributed by atoms with Gasteiger partial charge < -0.3 is 14.8 Å². The van der Waals surface area contributed by atoms with Crippen LogP contribution in [-0.4, -0.2) is 28.5 Å². The number of para-hydroxylation sites is 1. The molecular formula is C23H22N2O5S. The Labute approximate surface area is 181 Å². The highest BCUT2D eigenvalue weighted by molar-refractivity contribution is 7.92. The molecule has 3 aromatic rings. The molecule has 0 aromatic heterocycles. The summed E-state index contributed by atoms with van der Waals surface area (Å²) in [5.41, 5.74) is 1.71. The largest absolute Gasteiger partial charge is 0.493 e. The van der Waals surface area contributed by atoms with Gasteiger partial charge in [0.15, 0.2) is 11.5 Å². The summed E-state index contributed by atoms with van der Waals surface area (Å²) in [5, 5.41) is 2.69. The van der Waals surface area contributed by atoms with Crippen molar-refractivity contribution in [1.29, 1.82) is 0 Å². The third-order valence-corrected chi connectivity index (χ3v) is 5.69. The lowest BCUT2D eigenvalue weighted by Gasteiger charge is -2.09. The normalized spacial score (nSPS) is 11.2. The number of benzene rings is 3. The van der Waals surface area contributed by atoms with Gasteiger partial charge in [0.1, 0.15) is 0 Å². The lowest BCUT2D eigenvalue weighted by molar-refractivity contribution is -0.111. The second-order valence-electron chi connectivity index (χ2n) is 6.43. The summed E-state index contributed by atoms with van der Waals surface area (Å²) in [6.07, 6.45) is 3.02. The number of ether oxygens (including phenoxy) is 2. The van der Waals surface area contributed by atoms with Crippen LogP contribution in [0.2, 0.25) is 0 Å². The summed E-state index contributed by atoms with van der Waals surface area (Å²) >= 11 is 0. The molecule has 0 spiro atoms. The van der Waals surface area contributed by atoms with Crippen molar-refractivity contribution in [2.45, 2.75) is 4.90 Å². The first-order valence-corrected chi connectivity index (χ1v) is 10.8. The van der Waals surface area contributed by atoms with E-state index in [-0.39, 0.29) is 10.8 Å². The van der Waals surface area contributed by atoms with Gasteiger partial charge in [0, 0.05) is 17.5 Å². The average molecular weight is 439 g/mol. The van der Waals surface area contributed by atoms with Crippen LogP contribution in [0.4, 0.5) is 11.4 Å². The minimum absolute atomic E-state index is 0.0928. The molecule has 0 atom stereocenters. The highest BCUT2D eigenvalue weighted by atomic mass is 32.2. The molecule has 2 N–H and O–H groups in total. The Bertz CT molecular complexity index is 1170. The summed E-state index contributed by atoms with van der Waals surface area (Å²) in [5.74, 6) is 0.805. The highest BCUT2D eigenvalue weighted by Gasteiger charge is 2.14. The van der Waals surface area contributed by atoms with Crippen LogP contribution in [0.3, 0.4) is 0 Å². The number of hydrogen-bond donors (Lipinski definition) is 2. The molecule has 0 aliphatic heterocycles. The van der Waals surface area contributed by atoms with Gasteiger partial charge in [-0.1, -0.05) is 24.3 Å². The van der Waals surface area contributed by atoms with Crippen LogP contribution in [0.25, 0.3) is 6.08 Å². The maximum atomic E-state index is 12.5. The van der Waals surface area contributed by atoms with Crippen molar-refractivity contribution in [3.8, 4) is 11.5 Å². The van der Waals surface area contributed by atoms with Crippen LogP contribution < -0.4 is 19.5 Å². The molecule has 7 nitrogen and oxygen atoms in total. The van der Waals surface area contributed by atoms with E-state index in [0.29, 0.717) is 22.9 Å². The maximum absolute atomic E-state index is 12.5. The minimum atomic E-state index is -3.72. The van der Waals surface area contributed by atoms with Crippen molar-refractivity contribution in [1.82, 2.24) is 0 Å². The molecule has 8 heteroatoms. The second kappa shape index (κ2) is 9.82. The van der Waals surface area contributed by atoms with E-state index in [1.165, 1.54) is 37.5 Å². The van der Waals surface area contributed by atoms with E-state index in [2.05, 4.69) is 10.0 Å². The Hall–Kier alpha value is -3.78. The highest BCUT2D eigenvalue weighted by Crippen LogP contribution is 2.28. The number of hydrogen-bond acceptors (Lipinski definition) is 5. The number of sulfonamides is 1. The molecule has 0 fully saturated rings. The molecule has 0 aliphatic rings. The number of carbonyl (C=O) groups is 1. The zero-order valence-electron chi connectivity index (χ0n) is 17.0. The molecule has 3 aromatic carbocycles. The maximum Gasteiger partial charge on any atom is 0.261 e. The van der Waals surface area contributed by atoms with Crippen molar-refractivity contribution in [2.24, 2.45) is 0 Å². The number of carbonyl (C=O) groups excluding carboxylic acids is 1. The Morgan fingerprint density at radius 2 is 1.52 bits per heavy atom. The molecule has 0 unspecified atom stereocenters. The van der Waals surface area contributed by atoms with Gasteiger partial charge in [-0.05, 0) is 60.2 Å². The van der Waals surface area contributed by atoms with Crippen LogP contribution in [0.1, 0.15) is 5.56 Å². The quantitative estimate of drug-likeness (QED) is 0.515. The van der Waals surface area contributed by atoms with Gasteiger partial charge in [0.05, 0.1) is 19.1 Å². The SMILES string of the molecule is COc1ccc(/C=C/C(=O)Nc2ccc(S(=O)(=O)Nc3ccccc3)cc2)cc1OC. The number of anilines is 2. The molecule has 1 amide bonds. The van der Waals surface area contributed by atoms with Gasteiger partial charge in [-0.15, -0.1) is 0 Å². The molecule has 0 radical (unpaired) electrons. The van der Waals surface area contributed by atoms with Gasteiger partial charge in [-0.2, -0.15) is 0 Å². The van der Waals surface area contributed by atoms with Gasteiger partial charge in [0.2, 0.25) is 5.91 Å². The summed E-state index contributed by atoms with van der Waals surface area (Å²) in [4.78, 5) is 12.3. The van der Waals surface area contributed by atoms with Crippen molar-refractivity contribution >= 4 is 33.4 Å². The topological polar surface area (TPSA) is 93.7 Å². The number of methoxy groups -OCH3 is 2. The fourth-order valence-electron chi connectivity index (χ4n) is 2.75. The predicted molar refractivity (Wildman–Crippen MR) is 121 cm³/mol. The van der Waals surface area contributed by atoms with Crippen LogP contribution >= 0.6 is 0 Å². The summed E-state index contributed by atoms with van der Waals surface area (Å²) in [7, 11) is -0.626. The standard InChI is InChI=1S/C23H22N2O5S/c1-29-21-14-8-17(16-22(21)30-2)9-15-23(26)24-18-10-12-20(13-11-18)31(27,28)25-19-6-4-3-5-7-19/h3-16,25H,1-2H3,(H,24,26)/b15-9+. The van der Waals surface area contributed by atoms with Crippen LogP contribution in [-0.2, 0) is 14.8 Å². The molecule has 0 bridgehead atoms. The Balaban J connectivity index is 1.64. The number of nitrogens with one attached hydrogen (secondary N) is 2. The minimum Gasteiger partial charge on any atom is -0.493 e. The predicted octanol–water partition coefficient (Wildman–Crippen LogP) is 4.16. The molecule has 31 heavy (non-hydrogen) atoms. The fourth-order valence-corrected chi connectivity index (χ4v) is 3.81. The molecule has 3 rings (SSSR count). The molecule has 0 heterocycles. The zero-order valence-corrected chi connectivity index (χ0v) is 17.8.